The van der Waals surface area contributed by atoms with Crippen LogP contribution in [0.4, 0.5) is 0 Å². The van der Waals surface area contributed by atoms with Gasteiger partial charge in [0, 0.05) is 13.5 Å². The second-order valence-corrected chi connectivity index (χ2v) is 4.14. The third-order valence-corrected chi connectivity index (χ3v) is 2.72. The number of amides is 1. The summed E-state index contributed by atoms with van der Waals surface area (Å²) in [5, 5.41) is 2.68. The van der Waals surface area contributed by atoms with E-state index in [4.69, 9.17) is 0 Å². The third-order valence-electron chi connectivity index (χ3n) is 2.72. The molecule has 1 rings (SSSR count). The highest BCUT2D eigenvalue weighted by molar-refractivity contribution is 5.76. The molecule has 0 aromatic heterocycles. The first-order valence-corrected chi connectivity index (χ1v) is 5.40. The van der Waals surface area contributed by atoms with Gasteiger partial charge in [-0.05, 0) is 17.4 Å². The predicted molar refractivity (Wildman–Crippen MR) is 62.7 cm³/mol. The maximum Gasteiger partial charge on any atom is 0.220 e. The first-order chi connectivity index (χ1) is 7.15. The van der Waals surface area contributed by atoms with Gasteiger partial charge in [-0.1, -0.05) is 44.2 Å². The van der Waals surface area contributed by atoms with E-state index in [9.17, 15) is 4.79 Å². The molecule has 0 fully saturated rings. The van der Waals surface area contributed by atoms with Crippen LogP contribution in [0.1, 0.15) is 31.7 Å². The van der Waals surface area contributed by atoms with Crippen molar-refractivity contribution in [1.82, 2.24) is 5.32 Å². The average Bonchev–Trinajstić information content (AvgIpc) is 2.26. The van der Waals surface area contributed by atoms with Crippen molar-refractivity contribution in [2.45, 2.75) is 26.2 Å². The van der Waals surface area contributed by atoms with E-state index in [2.05, 4.69) is 31.3 Å². The highest BCUT2D eigenvalue weighted by atomic mass is 16.1. The van der Waals surface area contributed by atoms with E-state index in [1.807, 2.05) is 18.2 Å². The van der Waals surface area contributed by atoms with Crippen molar-refractivity contribution >= 4 is 5.91 Å². The van der Waals surface area contributed by atoms with E-state index < -0.39 is 0 Å². The fourth-order valence-electron chi connectivity index (χ4n) is 1.74. The SMILES string of the molecule is CNC(=O)CC(c1ccccc1)C(C)C. The summed E-state index contributed by atoms with van der Waals surface area (Å²) in [6, 6.07) is 10.2. The molecule has 1 aromatic rings. The van der Waals surface area contributed by atoms with E-state index >= 15 is 0 Å². The minimum Gasteiger partial charge on any atom is -0.359 e. The van der Waals surface area contributed by atoms with Crippen LogP contribution >= 0.6 is 0 Å². The number of benzene rings is 1. The molecule has 1 unspecified atom stereocenters. The first kappa shape index (κ1) is 11.8. The van der Waals surface area contributed by atoms with Crippen LogP contribution in [0.2, 0.25) is 0 Å². The Kier molecular flexibility index (Phi) is 4.35. The normalized spacial score (nSPS) is 12.5. The molecule has 82 valence electrons. The van der Waals surface area contributed by atoms with Crippen LogP contribution in [0.5, 0.6) is 0 Å². The second-order valence-electron chi connectivity index (χ2n) is 4.14. The molecule has 0 saturated carbocycles. The Morgan fingerprint density at radius 1 is 1.27 bits per heavy atom. The van der Waals surface area contributed by atoms with Crippen molar-refractivity contribution in [3.63, 3.8) is 0 Å². The van der Waals surface area contributed by atoms with Crippen molar-refractivity contribution in [3.8, 4) is 0 Å². The van der Waals surface area contributed by atoms with Gasteiger partial charge < -0.3 is 5.32 Å². The Labute approximate surface area is 91.7 Å². The molecule has 0 aliphatic rings. The van der Waals surface area contributed by atoms with Gasteiger partial charge in [-0.15, -0.1) is 0 Å². The number of hydrogen-bond donors (Lipinski definition) is 1. The Hall–Kier alpha value is -1.31. The minimum atomic E-state index is 0.109. The summed E-state index contributed by atoms with van der Waals surface area (Å²) in [6.07, 6.45) is 0.568. The zero-order valence-corrected chi connectivity index (χ0v) is 9.66. The lowest BCUT2D eigenvalue weighted by Gasteiger charge is -2.20. The molecule has 2 heteroatoms. The maximum absolute atomic E-state index is 11.4. The largest absolute Gasteiger partial charge is 0.359 e. The zero-order chi connectivity index (χ0) is 11.3. The van der Waals surface area contributed by atoms with Crippen molar-refractivity contribution < 1.29 is 4.79 Å². The van der Waals surface area contributed by atoms with Gasteiger partial charge in [0.1, 0.15) is 0 Å². The number of nitrogens with one attached hydrogen (secondary N) is 1. The topological polar surface area (TPSA) is 29.1 Å². The smallest absolute Gasteiger partial charge is 0.220 e. The van der Waals surface area contributed by atoms with E-state index in [-0.39, 0.29) is 5.91 Å². The van der Waals surface area contributed by atoms with Crippen LogP contribution in [0.25, 0.3) is 0 Å². The molecule has 15 heavy (non-hydrogen) atoms. The summed E-state index contributed by atoms with van der Waals surface area (Å²) >= 11 is 0. The highest BCUT2D eigenvalue weighted by Gasteiger charge is 2.18. The predicted octanol–water partition coefficient (Wildman–Crippen LogP) is 2.56. The van der Waals surface area contributed by atoms with Crippen molar-refractivity contribution in [3.05, 3.63) is 35.9 Å². The Morgan fingerprint density at radius 2 is 1.87 bits per heavy atom. The van der Waals surface area contributed by atoms with Crippen LogP contribution < -0.4 is 5.32 Å². The summed E-state index contributed by atoms with van der Waals surface area (Å²) in [6.45, 7) is 4.31. The fraction of sp³-hybridized carbons (Fsp3) is 0.462. The highest BCUT2D eigenvalue weighted by Crippen LogP contribution is 2.27. The van der Waals surface area contributed by atoms with Gasteiger partial charge in [0.25, 0.3) is 0 Å². The monoisotopic (exact) mass is 205 g/mol. The molecule has 1 amide bonds. The van der Waals surface area contributed by atoms with Gasteiger partial charge in [0.2, 0.25) is 5.91 Å². The lowest BCUT2D eigenvalue weighted by molar-refractivity contribution is -0.121. The molecular formula is C13H19NO. The standard InChI is InChI=1S/C13H19NO/c1-10(2)12(9-13(15)14-3)11-7-5-4-6-8-11/h4-8,10,12H,9H2,1-3H3,(H,14,15). The van der Waals surface area contributed by atoms with Gasteiger partial charge in [0.05, 0.1) is 0 Å². The van der Waals surface area contributed by atoms with Crippen LogP contribution in [0.15, 0.2) is 30.3 Å². The van der Waals surface area contributed by atoms with Crippen molar-refractivity contribution in [1.29, 1.82) is 0 Å². The van der Waals surface area contributed by atoms with Gasteiger partial charge in [-0.2, -0.15) is 0 Å². The molecule has 0 saturated heterocycles. The maximum atomic E-state index is 11.4. The molecule has 0 radical (unpaired) electrons. The summed E-state index contributed by atoms with van der Waals surface area (Å²) in [7, 11) is 1.69. The third kappa shape index (κ3) is 3.39. The Bertz CT molecular complexity index is 306. The molecule has 0 heterocycles. The molecule has 1 atom stereocenters. The molecule has 0 aliphatic carbocycles. The Balaban J connectivity index is 2.79. The molecule has 1 aromatic carbocycles. The molecule has 0 spiro atoms. The van der Waals surface area contributed by atoms with Crippen molar-refractivity contribution in [2.24, 2.45) is 5.92 Å². The lowest BCUT2D eigenvalue weighted by atomic mass is 9.85. The summed E-state index contributed by atoms with van der Waals surface area (Å²) in [4.78, 5) is 11.4. The quantitative estimate of drug-likeness (QED) is 0.804. The Morgan fingerprint density at radius 3 is 2.33 bits per heavy atom. The van der Waals surface area contributed by atoms with Crippen LogP contribution in [-0.2, 0) is 4.79 Å². The molecule has 1 N–H and O–H groups in total. The van der Waals surface area contributed by atoms with E-state index in [1.54, 1.807) is 7.05 Å². The van der Waals surface area contributed by atoms with Crippen LogP contribution in [0, 0.1) is 5.92 Å². The van der Waals surface area contributed by atoms with Crippen LogP contribution in [0.3, 0.4) is 0 Å². The van der Waals surface area contributed by atoms with E-state index in [0.29, 0.717) is 18.3 Å². The average molecular weight is 205 g/mol. The minimum absolute atomic E-state index is 0.109. The van der Waals surface area contributed by atoms with Gasteiger partial charge in [-0.25, -0.2) is 0 Å². The number of carbonyl (C=O) groups excluding carboxylic acids is 1. The molecule has 0 aliphatic heterocycles. The molecule has 0 bridgehead atoms. The lowest BCUT2D eigenvalue weighted by Crippen LogP contribution is -2.22. The number of rotatable bonds is 4. The fourth-order valence-corrected chi connectivity index (χ4v) is 1.74. The summed E-state index contributed by atoms with van der Waals surface area (Å²) < 4.78 is 0. The van der Waals surface area contributed by atoms with Crippen LogP contribution in [-0.4, -0.2) is 13.0 Å². The number of carbonyl (C=O) groups is 1. The van der Waals surface area contributed by atoms with E-state index in [0.717, 1.165) is 0 Å². The van der Waals surface area contributed by atoms with Crippen molar-refractivity contribution in [2.75, 3.05) is 7.05 Å². The summed E-state index contributed by atoms with van der Waals surface area (Å²) in [5.41, 5.74) is 1.25. The van der Waals surface area contributed by atoms with Gasteiger partial charge in [0.15, 0.2) is 0 Å². The van der Waals surface area contributed by atoms with Gasteiger partial charge in [-0.3, -0.25) is 4.79 Å². The first-order valence-electron chi connectivity index (χ1n) is 5.40. The molecular weight excluding hydrogens is 186 g/mol. The number of hydrogen-bond acceptors (Lipinski definition) is 1. The van der Waals surface area contributed by atoms with E-state index in [1.165, 1.54) is 5.56 Å². The second kappa shape index (κ2) is 5.54. The zero-order valence-electron chi connectivity index (χ0n) is 9.66. The summed E-state index contributed by atoms with van der Waals surface area (Å²) in [5.74, 6) is 0.897. The van der Waals surface area contributed by atoms with Gasteiger partial charge >= 0.3 is 0 Å². The molecule has 2 nitrogen and oxygen atoms in total.